The Morgan fingerprint density at radius 3 is 1.12 bits per heavy atom. The predicted octanol–water partition coefficient (Wildman–Crippen LogP) is 8.20. The molecule has 0 radical (unpaired) electrons. The summed E-state index contributed by atoms with van der Waals surface area (Å²) in [4.78, 5) is 0. The molecule has 4 nitrogen and oxygen atoms in total. The molecule has 0 unspecified atom stereocenters. The van der Waals surface area contributed by atoms with Crippen LogP contribution < -0.4 is 0 Å². The van der Waals surface area contributed by atoms with Crippen molar-refractivity contribution < 1.29 is 20.4 Å². The molecule has 0 fully saturated rings. The molecule has 204 valence electrons. The van der Waals surface area contributed by atoms with E-state index >= 15 is 0 Å². The molecule has 6 aromatic carbocycles. The van der Waals surface area contributed by atoms with Gasteiger partial charge < -0.3 is 20.4 Å². The van der Waals surface area contributed by atoms with E-state index in [1.54, 1.807) is 0 Å². The molecule has 0 aromatic heterocycles. The van der Waals surface area contributed by atoms with E-state index in [0.29, 0.717) is 30.4 Å². The van der Waals surface area contributed by atoms with Gasteiger partial charge in [-0.2, -0.15) is 0 Å². The third-order valence-corrected chi connectivity index (χ3v) is 7.94. The largest absolute Gasteiger partial charge is 0.507 e. The predicted molar refractivity (Wildman–Crippen MR) is 165 cm³/mol. The molecule has 4 heteroatoms. The number of fused-ring (bicyclic) bond motifs is 2. The van der Waals surface area contributed by atoms with E-state index in [0.717, 1.165) is 54.9 Å². The second-order valence-corrected chi connectivity index (χ2v) is 11.0. The van der Waals surface area contributed by atoms with Gasteiger partial charge in [0.2, 0.25) is 0 Å². The van der Waals surface area contributed by atoms with Crippen LogP contribution in [0.25, 0.3) is 21.5 Å². The van der Waals surface area contributed by atoms with Gasteiger partial charge in [0.05, 0.1) is 0 Å². The summed E-state index contributed by atoms with van der Waals surface area (Å²) in [7, 11) is 0. The van der Waals surface area contributed by atoms with E-state index in [2.05, 4.69) is 0 Å². The number of aryl methyl sites for hydroxylation is 2. The standard InChI is InChI=1S/C37H32O4/c1-22-15-28(19-26-13-11-24-7-3-5-9-32(24)36(26)40)34(38)30(17-22)21-31-18-23(2)16-29(35(31)39)20-27-14-12-25-8-4-6-10-33(25)37(27)41/h3-18,38-41H,19-21H2,1-2H3. The van der Waals surface area contributed by atoms with Crippen molar-refractivity contribution in [1.82, 2.24) is 0 Å². The molecular weight excluding hydrogens is 508 g/mol. The zero-order valence-electron chi connectivity index (χ0n) is 23.1. The third kappa shape index (κ3) is 5.05. The molecule has 0 heterocycles. The van der Waals surface area contributed by atoms with E-state index in [-0.39, 0.29) is 23.0 Å². The van der Waals surface area contributed by atoms with Gasteiger partial charge in [0.25, 0.3) is 0 Å². The monoisotopic (exact) mass is 540 g/mol. The number of rotatable bonds is 6. The fourth-order valence-corrected chi connectivity index (χ4v) is 5.91. The highest BCUT2D eigenvalue weighted by atomic mass is 16.3. The van der Waals surface area contributed by atoms with Gasteiger partial charge in [-0.1, -0.05) is 108 Å². The maximum atomic E-state index is 11.3. The van der Waals surface area contributed by atoms with Crippen molar-refractivity contribution in [2.75, 3.05) is 0 Å². The lowest BCUT2D eigenvalue weighted by Crippen LogP contribution is -1.99. The smallest absolute Gasteiger partial charge is 0.126 e. The summed E-state index contributed by atoms with van der Waals surface area (Å²) >= 11 is 0. The minimum Gasteiger partial charge on any atom is -0.507 e. The molecule has 0 spiro atoms. The van der Waals surface area contributed by atoms with Crippen molar-refractivity contribution in [3.8, 4) is 23.0 Å². The van der Waals surface area contributed by atoms with E-state index in [1.165, 1.54) is 0 Å². The van der Waals surface area contributed by atoms with Crippen LogP contribution in [0, 0.1) is 13.8 Å². The van der Waals surface area contributed by atoms with Crippen LogP contribution in [-0.4, -0.2) is 20.4 Å². The van der Waals surface area contributed by atoms with Gasteiger partial charge in [0.15, 0.2) is 0 Å². The van der Waals surface area contributed by atoms with Crippen LogP contribution in [-0.2, 0) is 19.3 Å². The lowest BCUT2D eigenvalue weighted by molar-refractivity contribution is 0.455. The summed E-state index contributed by atoms with van der Waals surface area (Å²) in [5.41, 5.74) is 6.32. The molecule has 0 atom stereocenters. The van der Waals surface area contributed by atoms with Crippen molar-refractivity contribution in [2.45, 2.75) is 33.1 Å². The van der Waals surface area contributed by atoms with Crippen LogP contribution in [0.5, 0.6) is 23.0 Å². The highest BCUT2D eigenvalue weighted by Gasteiger charge is 2.17. The SMILES string of the molecule is Cc1cc(Cc2cc(C)cc(Cc3ccc4ccccc4c3O)c2O)c(O)c(Cc2ccc3ccccc3c2O)c1. The number of benzene rings is 6. The first kappa shape index (κ1) is 26.3. The Balaban J connectivity index is 1.33. The molecule has 0 aliphatic carbocycles. The second kappa shape index (κ2) is 10.5. The second-order valence-electron chi connectivity index (χ2n) is 11.0. The third-order valence-electron chi connectivity index (χ3n) is 7.94. The summed E-state index contributed by atoms with van der Waals surface area (Å²) < 4.78 is 0. The average Bonchev–Trinajstić information content (AvgIpc) is 2.96. The van der Waals surface area contributed by atoms with Gasteiger partial charge in [-0.15, -0.1) is 0 Å². The molecule has 0 saturated carbocycles. The Hall–Kier alpha value is -4.96. The van der Waals surface area contributed by atoms with Crippen molar-refractivity contribution in [2.24, 2.45) is 0 Å². The molecule has 6 rings (SSSR count). The number of phenols is 4. The van der Waals surface area contributed by atoms with Crippen molar-refractivity contribution in [3.05, 3.63) is 142 Å². The highest BCUT2D eigenvalue weighted by Crippen LogP contribution is 2.37. The number of aromatic hydroxyl groups is 4. The quantitative estimate of drug-likeness (QED) is 0.172. The normalized spacial score (nSPS) is 11.4. The van der Waals surface area contributed by atoms with Gasteiger partial charge >= 0.3 is 0 Å². The van der Waals surface area contributed by atoms with Gasteiger partial charge in [0, 0.05) is 30.0 Å². The number of phenolic OH excluding ortho intramolecular Hbond substituents is 4. The zero-order valence-corrected chi connectivity index (χ0v) is 23.1. The summed E-state index contributed by atoms with van der Waals surface area (Å²) in [6.45, 7) is 3.97. The number of hydrogen-bond donors (Lipinski definition) is 4. The fraction of sp³-hybridized carbons (Fsp3) is 0.135. The Bertz CT molecular complexity index is 1800. The van der Waals surface area contributed by atoms with Crippen LogP contribution in [0.15, 0.2) is 97.1 Å². The first-order valence-electron chi connectivity index (χ1n) is 13.8. The molecule has 6 aromatic rings. The highest BCUT2D eigenvalue weighted by molar-refractivity contribution is 5.90. The van der Waals surface area contributed by atoms with Gasteiger partial charge in [-0.3, -0.25) is 0 Å². The van der Waals surface area contributed by atoms with E-state index in [9.17, 15) is 20.4 Å². The van der Waals surface area contributed by atoms with E-state index in [4.69, 9.17) is 0 Å². The molecule has 41 heavy (non-hydrogen) atoms. The van der Waals surface area contributed by atoms with Crippen LogP contribution in [0.2, 0.25) is 0 Å². The molecule has 0 aliphatic heterocycles. The topological polar surface area (TPSA) is 80.9 Å². The molecule has 0 amide bonds. The Morgan fingerprint density at radius 1 is 0.390 bits per heavy atom. The molecule has 0 saturated heterocycles. The lowest BCUT2D eigenvalue weighted by Gasteiger charge is -2.16. The van der Waals surface area contributed by atoms with Crippen LogP contribution in [0.1, 0.15) is 44.5 Å². The van der Waals surface area contributed by atoms with Gasteiger partial charge in [-0.25, -0.2) is 0 Å². The Kier molecular flexibility index (Phi) is 6.76. The molecule has 0 bridgehead atoms. The van der Waals surface area contributed by atoms with Crippen LogP contribution in [0.3, 0.4) is 0 Å². The molecular formula is C37H32O4. The summed E-state index contributed by atoms with van der Waals surface area (Å²) in [6.07, 6.45) is 1.10. The van der Waals surface area contributed by atoms with Gasteiger partial charge in [0.1, 0.15) is 23.0 Å². The van der Waals surface area contributed by atoms with Crippen molar-refractivity contribution >= 4 is 21.5 Å². The molecule has 4 N–H and O–H groups in total. The first-order valence-corrected chi connectivity index (χ1v) is 13.8. The zero-order chi connectivity index (χ0) is 28.7. The summed E-state index contributed by atoms with van der Waals surface area (Å²) in [5.74, 6) is 0.780. The number of hydrogen-bond acceptors (Lipinski definition) is 4. The minimum atomic E-state index is 0.165. The summed E-state index contributed by atoms with van der Waals surface area (Å²) in [6, 6.07) is 30.9. The van der Waals surface area contributed by atoms with E-state index < -0.39 is 0 Å². The maximum Gasteiger partial charge on any atom is 0.126 e. The molecule has 0 aliphatic rings. The minimum absolute atomic E-state index is 0.165. The van der Waals surface area contributed by atoms with Crippen LogP contribution >= 0.6 is 0 Å². The summed E-state index contributed by atoms with van der Waals surface area (Å²) in [5, 5.41) is 48.1. The van der Waals surface area contributed by atoms with Crippen molar-refractivity contribution in [1.29, 1.82) is 0 Å². The fourth-order valence-electron chi connectivity index (χ4n) is 5.91. The Morgan fingerprint density at radius 2 is 0.732 bits per heavy atom. The maximum absolute atomic E-state index is 11.3. The Labute approximate surface area is 239 Å². The van der Waals surface area contributed by atoms with Crippen molar-refractivity contribution in [3.63, 3.8) is 0 Å². The van der Waals surface area contributed by atoms with Crippen LogP contribution in [0.4, 0.5) is 0 Å². The average molecular weight is 541 g/mol. The lowest BCUT2D eigenvalue weighted by atomic mass is 9.91. The van der Waals surface area contributed by atoms with E-state index in [1.807, 2.05) is 111 Å². The first-order chi connectivity index (χ1) is 19.8. The van der Waals surface area contributed by atoms with Gasteiger partial charge in [-0.05, 0) is 58.0 Å².